The van der Waals surface area contributed by atoms with Crippen molar-refractivity contribution >= 4 is 17.6 Å². The summed E-state index contributed by atoms with van der Waals surface area (Å²) in [6.07, 6.45) is -0.294. The summed E-state index contributed by atoms with van der Waals surface area (Å²) < 4.78 is 5.29. The number of aliphatic hydroxyl groups excluding tert-OH is 1. The van der Waals surface area contributed by atoms with Crippen molar-refractivity contribution in [3.05, 3.63) is 28.8 Å². The van der Waals surface area contributed by atoms with Gasteiger partial charge in [-0.05, 0) is 32.9 Å². The molecular formula is C13H17ClO5. The van der Waals surface area contributed by atoms with Crippen molar-refractivity contribution in [2.45, 2.75) is 38.9 Å². The molecule has 1 atom stereocenters. The van der Waals surface area contributed by atoms with Gasteiger partial charge in [0.05, 0.1) is 11.7 Å². The van der Waals surface area contributed by atoms with Crippen LogP contribution in [0.3, 0.4) is 0 Å². The number of hydrogen-bond acceptors (Lipinski definition) is 5. The molecule has 19 heavy (non-hydrogen) atoms. The minimum absolute atomic E-state index is 0.0237. The molecule has 0 amide bonds. The zero-order chi connectivity index (χ0) is 14.6. The molecule has 0 heterocycles. The van der Waals surface area contributed by atoms with E-state index in [0.717, 1.165) is 0 Å². The third-order valence-corrected chi connectivity index (χ3v) is 2.83. The Kier molecular flexibility index (Phi) is 5.17. The largest absolute Gasteiger partial charge is 0.456 e. The van der Waals surface area contributed by atoms with E-state index in [9.17, 15) is 9.90 Å². The van der Waals surface area contributed by atoms with Crippen LogP contribution in [0.15, 0.2) is 18.2 Å². The van der Waals surface area contributed by atoms with Crippen molar-refractivity contribution in [3.8, 4) is 5.75 Å². The van der Waals surface area contributed by atoms with E-state index >= 15 is 0 Å². The van der Waals surface area contributed by atoms with Gasteiger partial charge in [-0.15, -0.1) is 0 Å². The molecule has 0 aliphatic carbocycles. The molecule has 2 N–H and O–H groups in total. The van der Waals surface area contributed by atoms with Gasteiger partial charge in [-0.25, -0.2) is 10.1 Å². The van der Waals surface area contributed by atoms with E-state index in [1.807, 2.05) is 0 Å². The summed E-state index contributed by atoms with van der Waals surface area (Å²) >= 11 is 5.90. The average Bonchev–Trinajstić information content (AvgIpc) is 2.26. The molecule has 1 aromatic rings. The Bertz CT molecular complexity index is 456. The predicted octanol–water partition coefficient (Wildman–Crippen LogP) is 2.90. The van der Waals surface area contributed by atoms with Crippen LogP contribution in [0.4, 0.5) is 0 Å². The lowest BCUT2D eigenvalue weighted by Crippen LogP contribution is -2.31. The average molecular weight is 289 g/mol. The Morgan fingerprint density at radius 1 is 1.47 bits per heavy atom. The van der Waals surface area contributed by atoms with Crippen molar-refractivity contribution in [2.24, 2.45) is 0 Å². The van der Waals surface area contributed by atoms with Gasteiger partial charge in [0.25, 0.3) is 0 Å². The number of esters is 1. The number of rotatable bonds is 5. The van der Waals surface area contributed by atoms with Crippen LogP contribution in [0.25, 0.3) is 0 Å². The molecule has 106 valence electrons. The molecule has 0 aliphatic heterocycles. The minimum Gasteiger partial charge on any atom is -0.456 e. The highest BCUT2D eigenvalue weighted by Gasteiger charge is 2.27. The first-order chi connectivity index (χ1) is 8.76. The summed E-state index contributed by atoms with van der Waals surface area (Å²) in [5, 5.41) is 17.9. The minimum atomic E-state index is -0.829. The highest BCUT2D eigenvalue weighted by Crippen LogP contribution is 2.29. The molecule has 1 aromatic carbocycles. The van der Waals surface area contributed by atoms with Crippen LogP contribution in [-0.2, 0) is 4.74 Å². The molecule has 0 fully saturated rings. The van der Waals surface area contributed by atoms with E-state index in [1.54, 1.807) is 20.8 Å². The van der Waals surface area contributed by atoms with Gasteiger partial charge in [0.1, 0.15) is 10.6 Å². The van der Waals surface area contributed by atoms with E-state index in [-0.39, 0.29) is 16.3 Å². The Morgan fingerprint density at radius 3 is 2.63 bits per heavy atom. The lowest BCUT2D eigenvalue weighted by molar-refractivity contribution is -0.137. The molecule has 0 saturated heterocycles. The zero-order valence-corrected chi connectivity index (χ0v) is 11.8. The smallest absolute Gasteiger partial charge is 0.340 e. The molecule has 0 spiro atoms. The van der Waals surface area contributed by atoms with Crippen molar-refractivity contribution in [1.29, 1.82) is 0 Å². The first-order valence-electron chi connectivity index (χ1n) is 5.78. The van der Waals surface area contributed by atoms with Crippen molar-refractivity contribution < 1.29 is 24.8 Å². The number of carbonyl (C=O) groups excluding carboxylic acids is 1. The summed E-state index contributed by atoms with van der Waals surface area (Å²) in [5.41, 5.74) is -0.739. The van der Waals surface area contributed by atoms with Crippen LogP contribution >= 0.6 is 11.6 Å². The van der Waals surface area contributed by atoms with Gasteiger partial charge in [-0.2, -0.15) is 0 Å². The van der Waals surface area contributed by atoms with Gasteiger partial charge in [0.15, 0.2) is 5.75 Å². The van der Waals surface area contributed by atoms with Crippen LogP contribution in [-0.4, -0.2) is 28.0 Å². The van der Waals surface area contributed by atoms with Crippen molar-refractivity contribution in [2.75, 3.05) is 0 Å². The van der Waals surface area contributed by atoms with Gasteiger partial charge in [-0.3, -0.25) is 0 Å². The van der Waals surface area contributed by atoms with E-state index in [1.165, 1.54) is 18.2 Å². The first-order valence-corrected chi connectivity index (χ1v) is 6.16. The monoisotopic (exact) mass is 288 g/mol. The van der Waals surface area contributed by atoms with Crippen molar-refractivity contribution in [3.63, 3.8) is 0 Å². The highest BCUT2D eigenvalue weighted by atomic mass is 35.5. The summed E-state index contributed by atoms with van der Waals surface area (Å²) in [4.78, 5) is 16.1. The predicted molar refractivity (Wildman–Crippen MR) is 70.5 cm³/mol. The number of benzene rings is 1. The van der Waals surface area contributed by atoms with Crippen LogP contribution in [0, 0.1) is 0 Å². The van der Waals surface area contributed by atoms with Gasteiger partial charge in [0, 0.05) is 6.42 Å². The van der Waals surface area contributed by atoms with Gasteiger partial charge < -0.3 is 14.7 Å². The molecular weight excluding hydrogens is 272 g/mol. The van der Waals surface area contributed by atoms with E-state index < -0.39 is 17.7 Å². The molecule has 0 aliphatic rings. The fraction of sp³-hybridized carbons (Fsp3) is 0.462. The highest BCUT2D eigenvalue weighted by molar-refractivity contribution is 6.35. The van der Waals surface area contributed by atoms with E-state index in [4.69, 9.17) is 21.6 Å². The molecule has 6 heteroatoms. The maximum Gasteiger partial charge on any atom is 0.340 e. The summed E-state index contributed by atoms with van der Waals surface area (Å²) in [6.45, 7) is 5.00. The molecule has 0 radical (unpaired) electrons. The molecule has 1 unspecified atom stereocenters. The van der Waals surface area contributed by atoms with Gasteiger partial charge >= 0.3 is 5.97 Å². The molecule has 5 nitrogen and oxygen atoms in total. The SMILES string of the molecule is CC(O)CC(C)(C)OC(=O)c1cccc(OO)c1Cl. The maximum atomic E-state index is 12.0. The fourth-order valence-electron chi connectivity index (χ4n) is 1.80. The summed E-state index contributed by atoms with van der Waals surface area (Å²) in [7, 11) is 0. The number of aliphatic hydroxyl groups is 1. The van der Waals surface area contributed by atoms with Crippen LogP contribution in [0.5, 0.6) is 5.75 Å². The Hall–Kier alpha value is -1.30. The normalized spacial score (nSPS) is 12.9. The number of carbonyl (C=O) groups is 1. The Morgan fingerprint density at radius 2 is 2.11 bits per heavy atom. The molecule has 0 aromatic heterocycles. The third kappa shape index (κ3) is 4.38. The van der Waals surface area contributed by atoms with E-state index in [2.05, 4.69) is 4.89 Å². The zero-order valence-electron chi connectivity index (χ0n) is 11.0. The molecule has 0 saturated carbocycles. The lowest BCUT2D eigenvalue weighted by atomic mass is 10.0. The number of halogens is 1. The fourth-order valence-corrected chi connectivity index (χ4v) is 2.04. The lowest BCUT2D eigenvalue weighted by Gasteiger charge is -2.26. The number of hydrogen-bond donors (Lipinski definition) is 2. The van der Waals surface area contributed by atoms with E-state index in [0.29, 0.717) is 6.42 Å². The third-order valence-electron chi connectivity index (χ3n) is 2.44. The second kappa shape index (κ2) is 6.23. The first kappa shape index (κ1) is 15.8. The van der Waals surface area contributed by atoms with Gasteiger partial charge in [-0.1, -0.05) is 17.7 Å². The standard InChI is InChI=1S/C13H17ClO5/c1-8(15)7-13(2,3)18-12(16)9-5-4-6-10(19-17)11(9)14/h4-6,8,15,17H,7H2,1-3H3. The van der Waals surface area contributed by atoms with Crippen molar-refractivity contribution in [1.82, 2.24) is 0 Å². The number of ether oxygens (including phenoxy) is 1. The second-order valence-electron chi connectivity index (χ2n) is 4.91. The summed E-state index contributed by atoms with van der Waals surface area (Å²) in [6, 6.07) is 4.39. The quantitative estimate of drug-likeness (QED) is 0.495. The topological polar surface area (TPSA) is 76.0 Å². The summed E-state index contributed by atoms with van der Waals surface area (Å²) in [5.74, 6) is -0.668. The van der Waals surface area contributed by atoms with Crippen LogP contribution < -0.4 is 4.89 Å². The molecule has 1 rings (SSSR count). The van der Waals surface area contributed by atoms with Crippen LogP contribution in [0.2, 0.25) is 5.02 Å². The maximum absolute atomic E-state index is 12.0. The Labute approximate surface area is 116 Å². The molecule has 0 bridgehead atoms. The van der Waals surface area contributed by atoms with Crippen LogP contribution in [0.1, 0.15) is 37.6 Å². The Balaban J connectivity index is 2.90. The van der Waals surface area contributed by atoms with Gasteiger partial charge in [0.2, 0.25) is 0 Å². The second-order valence-corrected chi connectivity index (χ2v) is 5.29.